The van der Waals surface area contributed by atoms with Crippen molar-refractivity contribution < 1.29 is 27.3 Å². The molecule has 1 aromatic heterocycles. The van der Waals surface area contributed by atoms with Crippen molar-refractivity contribution >= 4 is 35.1 Å². The van der Waals surface area contributed by atoms with Crippen molar-refractivity contribution in [1.82, 2.24) is 5.16 Å². The van der Waals surface area contributed by atoms with Gasteiger partial charge in [-0.3, -0.25) is 9.59 Å². The molecule has 140 valence electrons. The Kier molecular flexibility index (Phi) is 6.30. The lowest BCUT2D eigenvalue weighted by atomic mass is 10.2. The van der Waals surface area contributed by atoms with Crippen molar-refractivity contribution in [3.05, 3.63) is 41.7 Å². The van der Waals surface area contributed by atoms with E-state index in [1.54, 1.807) is 19.9 Å². The van der Waals surface area contributed by atoms with E-state index >= 15 is 0 Å². The zero-order chi connectivity index (χ0) is 19.3. The fourth-order valence-corrected chi connectivity index (χ4v) is 2.58. The molecule has 0 saturated heterocycles. The maximum absolute atomic E-state index is 12.7. The van der Waals surface area contributed by atoms with E-state index in [0.29, 0.717) is 5.76 Å². The van der Waals surface area contributed by atoms with Crippen LogP contribution in [0.4, 0.5) is 24.7 Å². The topological polar surface area (TPSA) is 84.2 Å². The highest BCUT2D eigenvalue weighted by Gasteiger charge is 2.30. The summed E-state index contributed by atoms with van der Waals surface area (Å²) in [7, 11) is 0. The van der Waals surface area contributed by atoms with Crippen molar-refractivity contribution in [2.45, 2.75) is 25.3 Å². The first kappa shape index (κ1) is 19.8. The predicted molar refractivity (Wildman–Crippen MR) is 91.9 cm³/mol. The summed E-state index contributed by atoms with van der Waals surface area (Å²) >= 11 is 1.04. The number of nitrogens with one attached hydrogen (secondary N) is 2. The van der Waals surface area contributed by atoms with Gasteiger partial charge in [0.15, 0.2) is 5.82 Å². The van der Waals surface area contributed by atoms with Gasteiger partial charge in [0, 0.05) is 11.8 Å². The zero-order valence-corrected chi connectivity index (χ0v) is 14.7. The summed E-state index contributed by atoms with van der Waals surface area (Å²) in [5, 5.41) is 7.98. The molecule has 26 heavy (non-hydrogen) atoms. The predicted octanol–water partition coefficient (Wildman–Crippen LogP) is 3.70. The number of anilines is 2. The van der Waals surface area contributed by atoms with Crippen LogP contribution in [0.3, 0.4) is 0 Å². The molecule has 2 aromatic rings. The van der Waals surface area contributed by atoms with Crippen LogP contribution in [0.5, 0.6) is 0 Å². The molecule has 0 spiro atoms. The minimum absolute atomic E-state index is 0.0422. The van der Waals surface area contributed by atoms with E-state index in [1.807, 2.05) is 0 Å². The number of aryl methyl sites for hydroxylation is 1. The number of nitrogens with zero attached hydrogens (tertiary/aromatic N) is 1. The van der Waals surface area contributed by atoms with Gasteiger partial charge in [-0.05, 0) is 32.0 Å². The van der Waals surface area contributed by atoms with Crippen molar-refractivity contribution in [2.24, 2.45) is 0 Å². The summed E-state index contributed by atoms with van der Waals surface area (Å²) in [4.78, 5) is 23.9. The van der Waals surface area contributed by atoms with Crippen molar-refractivity contribution in [3.63, 3.8) is 0 Å². The molecule has 0 aliphatic heterocycles. The Balaban J connectivity index is 1.83. The van der Waals surface area contributed by atoms with Crippen LogP contribution in [0, 0.1) is 6.92 Å². The average molecular weight is 387 g/mol. The van der Waals surface area contributed by atoms with Crippen LogP contribution in [0.15, 0.2) is 34.9 Å². The van der Waals surface area contributed by atoms with Gasteiger partial charge in [-0.25, -0.2) is 0 Å². The SMILES string of the molecule is Cc1cc(NC(=O)[C@@H](C)SCC(=O)Nc2cccc(C(F)(F)F)c2)no1. The van der Waals surface area contributed by atoms with Gasteiger partial charge in [0.1, 0.15) is 5.76 Å². The summed E-state index contributed by atoms with van der Waals surface area (Å²) in [6.45, 7) is 3.28. The summed E-state index contributed by atoms with van der Waals surface area (Å²) < 4.78 is 42.8. The Morgan fingerprint density at radius 3 is 2.62 bits per heavy atom. The van der Waals surface area contributed by atoms with E-state index in [4.69, 9.17) is 4.52 Å². The molecule has 1 heterocycles. The number of carbonyl (C=O) groups is 2. The lowest BCUT2D eigenvalue weighted by molar-refractivity contribution is -0.137. The first-order valence-corrected chi connectivity index (χ1v) is 8.53. The number of hydrogen-bond donors (Lipinski definition) is 2. The second kappa shape index (κ2) is 8.26. The molecule has 0 unspecified atom stereocenters. The lowest BCUT2D eigenvalue weighted by Crippen LogP contribution is -2.25. The van der Waals surface area contributed by atoms with Gasteiger partial charge in [0.2, 0.25) is 11.8 Å². The zero-order valence-electron chi connectivity index (χ0n) is 13.9. The maximum Gasteiger partial charge on any atom is 0.416 e. The number of alkyl halides is 3. The third-order valence-corrected chi connectivity index (χ3v) is 4.33. The number of hydrogen-bond acceptors (Lipinski definition) is 5. The van der Waals surface area contributed by atoms with Gasteiger partial charge in [-0.15, -0.1) is 11.8 Å². The fourth-order valence-electron chi connectivity index (χ4n) is 1.90. The monoisotopic (exact) mass is 387 g/mol. The maximum atomic E-state index is 12.7. The number of halogens is 3. The Bertz CT molecular complexity index is 792. The molecule has 0 aliphatic rings. The van der Waals surface area contributed by atoms with Gasteiger partial charge >= 0.3 is 6.18 Å². The van der Waals surface area contributed by atoms with Crippen LogP contribution >= 0.6 is 11.8 Å². The molecule has 0 aliphatic carbocycles. The van der Waals surface area contributed by atoms with Crippen LogP contribution in [0.2, 0.25) is 0 Å². The molecule has 6 nitrogen and oxygen atoms in total. The highest BCUT2D eigenvalue weighted by atomic mass is 32.2. The molecule has 1 aromatic carbocycles. The van der Waals surface area contributed by atoms with Crippen LogP contribution in [-0.4, -0.2) is 28.0 Å². The highest BCUT2D eigenvalue weighted by Crippen LogP contribution is 2.30. The van der Waals surface area contributed by atoms with Crippen LogP contribution in [0.1, 0.15) is 18.2 Å². The van der Waals surface area contributed by atoms with Crippen molar-refractivity contribution in [1.29, 1.82) is 0 Å². The number of aromatic nitrogens is 1. The van der Waals surface area contributed by atoms with E-state index in [-0.39, 0.29) is 23.2 Å². The number of amides is 2. The first-order valence-electron chi connectivity index (χ1n) is 7.48. The minimum atomic E-state index is -4.48. The van der Waals surface area contributed by atoms with E-state index in [1.165, 1.54) is 12.1 Å². The third kappa shape index (κ3) is 5.80. The molecule has 1 atom stereocenters. The second-order valence-corrected chi connectivity index (χ2v) is 6.72. The summed E-state index contributed by atoms with van der Waals surface area (Å²) in [5.41, 5.74) is -0.806. The lowest BCUT2D eigenvalue weighted by Gasteiger charge is -2.12. The fraction of sp³-hybridized carbons (Fsp3) is 0.312. The Morgan fingerprint density at radius 2 is 2.00 bits per heavy atom. The number of benzene rings is 1. The van der Waals surface area contributed by atoms with Gasteiger partial charge in [0.25, 0.3) is 0 Å². The second-order valence-electron chi connectivity index (χ2n) is 5.39. The Morgan fingerprint density at radius 1 is 1.27 bits per heavy atom. The van der Waals surface area contributed by atoms with Crippen LogP contribution < -0.4 is 10.6 Å². The van der Waals surface area contributed by atoms with E-state index in [2.05, 4.69) is 15.8 Å². The first-order chi connectivity index (χ1) is 12.1. The van der Waals surface area contributed by atoms with Gasteiger partial charge in [-0.2, -0.15) is 13.2 Å². The van der Waals surface area contributed by atoms with E-state index < -0.39 is 22.9 Å². The van der Waals surface area contributed by atoms with Gasteiger partial charge in [0.05, 0.1) is 16.6 Å². The molecule has 0 radical (unpaired) electrons. The molecule has 0 bridgehead atoms. The largest absolute Gasteiger partial charge is 0.416 e. The van der Waals surface area contributed by atoms with E-state index in [0.717, 1.165) is 23.9 Å². The molecule has 0 fully saturated rings. The molecular formula is C16H16F3N3O3S. The smallest absolute Gasteiger partial charge is 0.360 e. The molecular weight excluding hydrogens is 371 g/mol. The average Bonchev–Trinajstić information content (AvgIpc) is 2.97. The van der Waals surface area contributed by atoms with Crippen LogP contribution in [-0.2, 0) is 15.8 Å². The molecule has 2 rings (SSSR count). The Hall–Kier alpha value is -2.49. The van der Waals surface area contributed by atoms with E-state index in [9.17, 15) is 22.8 Å². The van der Waals surface area contributed by atoms with Gasteiger partial charge < -0.3 is 15.2 Å². The van der Waals surface area contributed by atoms with Crippen molar-refractivity contribution in [3.8, 4) is 0 Å². The van der Waals surface area contributed by atoms with Gasteiger partial charge in [-0.1, -0.05) is 11.2 Å². The number of carbonyl (C=O) groups excluding carboxylic acids is 2. The van der Waals surface area contributed by atoms with Crippen LogP contribution in [0.25, 0.3) is 0 Å². The summed E-state index contributed by atoms with van der Waals surface area (Å²) in [5.74, 6) is -0.154. The molecule has 0 saturated carbocycles. The molecule has 2 N–H and O–H groups in total. The third-order valence-electron chi connectivity index (χ3n) is 3.19. The molecule has 10 heteroatoms. The number of rotatable bonds is 6. The molecule has 2 amide bonds. The summed E-state index contributed by atoms with van der Waals surface area (Å²) in [6, 6.07) is 5.89. The summed E-state index contributed by atoms with van der Waals surface area (Å²) in [6.07, 6.45) is -4.48. The number of thioether (sulfide) groups is 1. The standard InChI is InChI=1S/C16H16F3N3O3S/c1-9-6-13(22-25-9)21-15(24)10(2)26-8-14(23)20-12-5-3-4-11(7-12)16(17,18)19/h3-7,10H,8H2,1-2H3,(H,20,23)(H,21,22,24)/t10-/m1/s1. The normalized spacial score (nSPS) is 12.5. The van der Waals surface area contributed by atoms with Crippen molar-refractivity contribution in [2.75, 3.05) is 16.4 Å². The quantitative estimate of drug-likeness (QED) is 0.790. The highest BCUT2D eigenvalue weighted by molar-refractivity contribution is 8.01. The Labute approximate surface area is 151 Å². The minimum Gasteiger partial charge on any atom is -0.360 e.